The molecule has 1 amide bonds. The van der Waals surface area contributed by atoms with E-state index in [-0.39, 0.29) is 11.5 Å². The molecule has 2 rings (SSSR count). The molecule has 1 atom stereocenters. The highest BCUT2D eigenvalue weighted by Crippen LogP contribution is 2.38. The number of likely N-dealkylation sites (N-methyl/N-ethyl adjacent to an activating group) is 1. The van der Waals surface area contributed by atoms with Gasteiger partial charge in [0.05, 0.1) is 5.69 Å². The summed E-state index contributed by atoms with van der Waals surface area (Å²) in [6.45, 7) is 9.25. The molecular weight excluding hydrogens is 280 g/mol. The third-order valence-corrected chi connectivity index (χ3v) is 4.21. The number of aromatic nitrogens is 2. The maximum atomic E-state index is 12.2. The van der Waals surface area contributed by atoms with E-state index in [4.69, 9.17) is 0 Å². The summed E-state index contributed by atoms with van der Waals surface area (Å²) in [4.78, 5) is 26.4. The SMILES string of the molecule is CCN(CC)CCNC(=O)C(C)n1nc(C2CC2)ccc1=O. The van der Waals surface area contributed by atoms with Gasteiger partial charge in [0.15, 0.2) is 0 Å². The molecule has 122 valence electrons. The van der Waals surface area contributed by atoms with Crippen molar-refractivity contribution in [2.45, 2.75) is 45.6 Å². The van der Waals surface area contributed by atoms with Gasteiger partial charge in [0.2, 0.25) is 5.91 Å². The predicted octanol–water partition coefficient (Wildman–Crippen LogP) is 1.14. The van der Waals surface area contributed by atoms with E-state index < -0.39 is 6.04 Å². The summed E-state index contributed by atoms with van der Waals surface area (Å²) in [5.41, 5.74) is 0.693. The smallest absolute Gasteiger partial charge is 0.267 e. The Hall–Kier alpha value is -1.69. The van der Waals surface area contributed by atoms with Crippen LogP contribution in [0.15, 0.2) is 16.9 Å². The van der Waals surface area contributed by atoms with Crippen LogP contribution < -0.4 is 10.9 Å². The molecular formula is C16H26N4O2. The number of nitrogens with one attached hydrogen (secondary N) is 1. The van der Waals surface area contributed by atoms with Crippen LogP contribution in [0.25, 0.3) is 0 Å². The largest absolute Gasteiger partial charge is 0.353 e. The highest BCUT2D eigenvalue weighted by atomic mass is 16.2. The van der Waals surface area contributed by atoms with Crippen molar-refractivity contribution in [3.8, 4) is 0 Å². The van der Waals surface area contributed by atoms with Gasteiger partial charge in [-0.3, -0.25) is 9.59 Å². The fourth-order valence-electron chi connectivity index (χ4n) is 2.45. The van der Waals surface area contributed by atoms with Crippen LogP contribution in [0.5, 0.6) is 0 Å². The Morgan fingerprint density at radius 1 is 1.41 bits per heavy atom. The van der Waals surface area contributed by atoms with Gasteiger partial charge in [-0.25, -0.2) is 4.68 Å². The quantitative estimate of drug-likeness (QED) is 0.782. The van der Waals surface area contributed by atoms with Gasteiger partial charge in [-0.05, 0) is 38.9 Å². The zero-order valence-corrected chi connectivity index (χ0v) is 13.7. The maximum absolute atomic E-state index is 12.2. The molecule has 1 heterocycles. The fraction of sp³-hybridized carbons (Fsp3) is 0.688. The molecule has 0 bridgehead atoms. The third kappa shape index (κ3) is 4.16. The van der Waals surface area contributed by atoms with Crippen molar-refractivity contribution in [3.05, 3.63) is 28.2 Å². The lowest BCUT2D eigenvalue weighted by molar-refractivity contribution is -0.124. The summed E-state index contributed by atoms with van der Waals surface area (Å²) in [6.07, 6.45) is 2.24. The molecule has 1 fully saturated rings. The second-order valence-electron chi connectivity index (χ2n) is 5.81. The standard InChI is InChI=1S/C16H26N4O2/c1-4-19(5-2)11-10-17-16(22)12(3)20-15(21)9-8-14(18-20)13-6-7-13/h8-9,12-13H,4-7,10-11H2,1-3H3,(H,17,22). The molecule has 1 aromatic rings. The lowest BCUT2D eigenvalue weighted by Gasteiger charge is -2.19. The Balaban J connectivity index is 1.95. The topological polar surface area (TPSA) is 67.2 Å². The van der Waals surface area contributed by atoms with E-state index in [1.54, 1.807) is 13.0 Å². The van der Waals surface area contributed by atoms with E-state index >= 15 is 0 Å². The summed E-state index contributed by atoms with van der Waals surface area (Å²) in [5, 5.41) is 7.25. The van der Waals surface area contributed by atoms with Crippen LogP contribution in [-0.2, 0) is 4.79 Å². The molecule has 0 spiro atoms. The Kier molecular flexibility index (Phi) is 5.71. The maximum Gasteiger partial charge on any atom is 0.267 e. The zero-order chi connectivity index (χ0) is 16.1. The monoisotopic (exact) mass is 306 g/mol. The average Bonchev–Trinajstić information content (AvgIpc) is 3.36. The molecule has 1 aliphatic carbocycles. The van der Waals surface area contributed by atoms with Gasteiger partial charge < -0.3 is 10.2 Å². The van der Waals surface area contributed by atoms with E-state index in [0.29, 0.717) is 12.5 Å². The first-order valence-corrected chi connectivity index (χ1v) is 8.16. The van der Waals surface area contributed by atoms with Crippen LogP contribution in [-0.4, -0.2) is 46.8 Å². The molecule has 1 N–H and O–H groups in total. The Morgan fingerprint density at radius 3 is 2.68 bits per heavy atom. The van der Waals surface area contributed by atoms with Crippen molar-refractivity contribution >= 4 is 5.91 Å². The van der Waals surface area contributed by atoms with E-state index in [0.717, 1.165) is 38.2 Å². The first-order chi connectivity index (χ1) is 10.6. The molecule has 0 aliphatic heterocycles. The summed E-state index contributed by atoms with van der Waals surface area (Å²) < 4.78 is 1.31. The third-order valence-electron chi connectivity index (χ3n) is 4.21. The van der Waals surface area contributed by atoms with Crippen molar-refractivity contribution in [2.75, 3.05) is 26.2 Å². The minimum Gasteiger partial charge on any atom is -0.353 e. The molecule has 22 heavy (non-hydrogen) atoms. The van der Waals surface area contributed by atoms with Crippen LogP contribution in [0.2, 0.25) is 0 Å². The molecule has 0 radical (unpaired) electrons. The molecule has 1 aliphatic rings. The highest BCUT2D eigenvalue weighted by molar-refractivity contribution is 5.79. The number of nitrogens with zero attached hydrogens (tertiary/aromatic N) is 3. The lowest BCUT2D eigenvalue weighted by atomic mass is 10.2. The van der Waals surface area contributed by atoms with E-state index in [2.05, 4.69) is 29.2 Å². The molecule has 0 saturated heterocycles. The van der Waals surface area contributed by atoms with E-state index in [1.165, 1.54) is 10.7 Å². The molecule has 0 aromatic carbocycles. The van der Waals surface area contributed by atoms with E-state index in [1.807, 2.05) is 0 Å². The van der Waals surface area contributed by atoms with Crippen LogP contribution in [0, 0.1) is 0 Å². The van der Waals surface area contributed by atoms with Gasteiger partial charge in [-0.15, -0.1) is 0 Å². The summed E-state index contributed by atoms with van der Waals surface area (Å²) in [5.74, 6) is 0.305. The number of carbonyl (C=O) groups excluding carboxylic acids is 1. The molecule has 6 heteroatoms. The lowest BCUT2D eigenvalue weighted by Crippen LogP contribution is -2.40. The highest BCUT2D eigenvalue weighted by Gasteiger charge is 2.27. The van der Waals surface area contributed by atoms with Gasteiger partial charge in [-0.1, -0.05) is 13.8 Å². The number of amides is 1. The Labute approximate surface area is 131 Å². The summed E-state index contributed by atoms with van der Waals surface area (Å²) in [7, 11) is 0. The normalized spacial score (nSPS) is 15.8. The first-order valence-electron chi connectivity index (χ1n) is 8.16. The van der Waals surface area contributed by atoms with Crippen LogP contribution in [0.4, 0.5) is 0 Å². The van der Waals surface area contributed by atoms with Crippen molar-refractivity contribution in [2.24, 2.45) is 0 Å². The second-order valence-corrected chi connectivity index (χ2v) is 5.81. The van der Waals surface area contributed by atoms with Gasteiger partial charge in [0.25, 0.3) is 5.56 Å². The number of hydrogen-bond donors (Lipinski definition) is 1. The van der Waals surface area contributed by atoms with Crippen molar-refractivity contribution in [3.63, 3.8) is 0 Å². The minimum absolute atomic E-state index is 0.158. The Morgan fingerprint density at radius 2 is 2.09 bits per heavy atom. The van der Waals surface area contributed by atoms with Crippen LogP contribution >= 0.6 is 0 Å². The minimum atomic E-state index is -0.581. The van der Waals surface area contributed by atoms with Gasteiger partial charge in [-0.2, -0.15) is 5.10 Å². The number of carbonyl (C=O) groups is 1. The van der Waals surface area contributed by atoms with Crippen LogP contribution in [0.3, 0.4) is 0 Å². The van der Waals surface area contributed by atoms with Crippen molar-refractivity contribution < 1.29 is 4.79 Å². The van der Waals surface area contributed by atoms with E-state index in [9.17, 15) is 9.59 Å². The zero-order valence-electron chi connectivity index (χ0n) is 13.7. The molecule has 1 saturated carbocycles. The second kappa shape index (κ2) is 7.54. The molecule has 6 nitrogen and oxygen atoms in total. The molecule has 1 aromatic heterocycles. The predicted molar refractivity (Wildman–Crippen MR) is 86.0 cm³/mol. The number of rotatable bonds is 8. The summed E-state index contributed by atoms with van der Waals surface area (Å²) >= 11 is 0. The Bertz CT molecular complexity index is 562. The molecule has 1 unspecified atom stereocenters. The average molecular weight is 306 g/mol. The number of hydrogen-bond acceptors (Lipinski definition) is 4. The van der Waals surface area contributed by atoms with Gasteiger partial charge in [0.1, 0.15) is 6.04 Å². The van der Waals surface area contributed by atoms with Gasteiger partial charge in [0, 0.05) is 25.1 Å². The van der Waals surface area contributed by atoms with Crippen molar-refractivity contribution in [1.29, 1.82) is 0 Å². The fourth-order valence-corrected chi connectivity index (χ4v) is 2.45. The van der Waals surface area contributed by atoms with Crippen LogP contribution in [0.1, 0.15) is 51.3 Å². The van der Waals surface area contributed by atoms with Crippen molar-refractivity contribution in [1.82, 2.24) is 20.0 Å². The first kappa shape index (κ1) is 16.7. The summed E-state index contributed by atoms with van der Waals surface area (Å²) in [6, 6.07) is 2.71. The van der Waals surface area contributed by atoms with Gasteiger partial charge >= 0.3 is 0 Å².